The van der Waals surface area contributed by atoms with Gasteiger partial charge in [-0.05, 0) is 17.7 Å². The largest absolute Gasteiger partial charge is 0.493 e. The molecule has 3 aromatic carbocycles. The highest BCUT2D eigenvalue weighted by Gasteiger charge is 2.18. The summed E-state index contributed by atoms with van der Waals surface area (Å²) in [4.78, 5) is 10.5. The molecule has 0 aliphatic heterocycles. The monoisotopic (exact) mass is 448 g/mol. The Bertz CT molecular complexity index is 1230. The number of nitro benzene ring substituents is 1. The molecule has 0 atom stereocenters. The van der Waals surface area contributed by atoms with Crippen molar-refractivity contribution in [2.24, 2.45) is 0 Å². The quantitative estimate of drug-likeness (QED) is 0.209. The number of hydrogen-bond donors (Lipinski definition) is 0. The Labute approximate surface area is 189 Å². The average Bonchev–Trinajstić information content (AvgIpc) is 3.27. The SMILES string of the molecule is COc1ccc(-n2c(SCc3ccc([N+](=O)[O-])cc3)nnc2-c2ccccc2)cc1OC. The summed E-state index contributed by atoms with van der Waals surface area (Å²) in [7, 11) is 3.19. The van der Waals surface area contributed by atoms with Crippen molar-refractivity contribution in [3.8, 4) is 28.6 Å². The molecule has 32 heavy (non-hydrogen) atoms. The molecule has 162 valence electrons. The Hall–Kier alpha value is -3.85. The van der Waals surface area contributed by atoms with Crippen molar-refractivity contribution in [1.29, 1.82) is 0 Å². The van der Waals surface area contributed by atoms with E-state index in [4.69, 9.17) is 9.47 Å². The fraction of sp³-hybridized carbons (Fsp3) is 0.130. The molecule has 8 nitrogen and oxygen atoms in total. The van der Waals surface area contributed by atoms with Gasteiger partial charge in [-0.15, -0.1) is 10.2 Å². The van der Waals surface area contributed by atoms with Gasteiger partial charge in [0.15, 0.2) is 22.5 Å². The van der Waals surface area contributed by atoms with Gasteiger partial charge in [-0.25, -0.2) is 0 Å². The van der Waals surface area contributed by atoms with Crippen LogP contribution in [0.4, 0.5) is 5.69 Å². The lowest BCUT2D eigenvalue weighted by atomic mass is 10.2. The molecule has 0 bridgehead atoms. The Morgan fingerprint density at radius 2 is 1.66 bits per heavy atom. The van der Waals surface area contributed by atoms with Crippen molar-refractivity contribution >= 4 is 17.4 Å². The van der Waals surface area contributed by atoms with E-state index in [2.05, 4.69) is 10.2 Å². The molecule has 0 fully saturated rings. The molecular weight excluding hydrogens is 428 g/mol. The highest BCUT2D eigenvalue weighted by molar-refractivity contribution is 7.98. The first-order chi connectivity index (χ1) is 15.6. The lowest BCUT2D eigenvalue weighted by Gasteiger charge is -2.13. The summed E-state index contributed by atoms with van der Waals surface area (Å²) >= 11 is 1.50. The van der Waals surface area contributed by atoms with Crippen LogP contribution in [0.15, 0.2) is 78.0 Å². The number of hydrogen-bond acceptors (Lipinski definition) is 7. The Morgan fingerprint density at radius 1 is 0.938 bits per heavy atom. The zero-order chi connectivity index (χ0) is 22.5. The van der Waals surface area contributed by atoms with Gasteiger partial charge < -0.3 is 9.47 Å². The third kappa shape index (κ3) is 4.42. The average molecular weight is 449 g/mol. The minimum Gasteiger partial charge on any atom is -0.493 e. The molecule has 4 aromatic rings. The van der Waals surface area contributed by atoms with Crippen LogP contribution in [0.5, 0.6) is 11.5 Å². The van der Waals surface area contributed by atoms with E-state index in [0.717, 1.165) is 16.8 Å². The molecule has 9 heteroatoms. The summed E-state index contributed by atoms with van der Waals surface area (Å²) in [6.45, 7) is 0. The van der Waals surface area contributed by atoms with E-state index in [-0.39, 0.29) is 5.69 Å². The van der Waals surface area contributed by atoms with Crippen molar-refractivity contribution in [2.45, 2.75) is 10.9 Å². The van der Waals surface area contributed by atoms with E-state index in [0.29, 0.717) is 28.2 Å². The fourth-order valence-corrected chi connectivity index (χ4v) is 4.10. The lowest BCUT2D eigenvalue weighted by molar-refractivity contribution is -0.384. The van der Waals surface area contributed by atoms with Gasteiger partial charge in [0.25, 0.3) is 5.69 Å². The molecule has 0 unspecified atom stereocenters. The third-order valence-electron chi connectivity index (χ3n) is 4.81. The van der Waals surface area contributed by atoms with Gasteiger partial charge in [-0.2, -0.15) is 0 Å². The van der Waals surface area contributed by atoms with Crippen LogP contribution in [-0.4, -0.2) is 33.9 Å². The Morgan fingerprint density at radius 3 is 2.31 bits per heavy atom. The second-order valence-corrected chi connectivity index (χ2v) is 7.70. The van der Waals surface area contributed by atoms with Gasteiger partial charge >= 0.3 is 0 Å². The summed E-state index contributed by atoms with van der Waals surface area (Å²) in [6, 6.07) is 22.0. The number of nitro groups is 1. The van der Waals surface area contributed by atoms with E-state index < -0.39 is 4.92 Å². The maximum absolute atomic E-state index is 10.9. The smallest absolute Gasteiger partial charge is 0.269 e. The maximum Gasteiger partial charge on any atom is 0.269 e. The highest BCUT2D eigenvalue weighted by Crippen LogP contribution is 2.34. The van der Waals surface area contributed by atoms with Crippen molar-refractivity contribution in [2.75, 3.05) is 14.2 Å². The van der Waals surface area contributed by atoms with E-state index in [1.807, 2.05) is 53.1 Å². The van der Waals surface area contributed by atoms with Crippen molar-refractivity contribution < 1.29 is 14.4 Å². The van der Waals surface area contributed by atoms with Gasteiger partial charge in [0, 0.05) is 29.5 Å². The van der Waals surface area contributed by atoms with Crippen LogP contribution in [0.2, 0.25) is 0 Å². The second kappa shape index (κ2) is 9.52. The number of benzene rings is 3. The summed E-state index contributed by atoms with van der Waals surface area (Å²) in [6.07, 6.45) is 0. The predicted molar refractivity (Wildman–Crippen MR) is 123 cm³/mol. The molecule has 0 amide bonds. The van der Waals surface area contributed by atoms with Gasteiger partial charge in [0.2, 0.25) is 0 Å². The zero-order valence-electron chi connectivity index (χ0n) is 17.5. The molecule has 0 aliphatic carbocycles. The Balaban J connectivity index is 1.71. The molecule has 0 radical (unpaired) electrons. The van der Waals surface area contributed by atoms with Crippen LogP contribution in [0.3, 0.4) is 0 Å². The summed E-state index contributed by atoms with van der Waals surface area (Å²) in [5.74, 6) is 2.51. The standard InChI is InChI=1S/C23H20N4O4S/c1-30-20-13-12-19(14-21(20)31-2)26-22(17-6-4-3-5-7-17)24-25-23(26)32-15-16-8-10-18(11-9-16)27(28)29/h3-14H,15H2,1-2H3. The summed E-state index contributed by atoms with van der Waals surface area (Å²) < 4.78 is 12.8. The van der Waals surface area contributed by atoms with Gasteiger partial charge in [-0.1, -0.05) is 54.2 Å². The number of thioether (sulfide) groups is 1. The summed E-state index contributed by atoms with van der Waals surface area (Å²) in [5.41, 5.74) is 2.78. The van der Waals surface area contributed by atoms with E-state index in [9.17, 15) is 10.1 Å². The first-order valence-corrected chi connectivity index (χ1v) is 10.7. The van der Waals surface area contributed by atoms with Gasteiger partial charge in [-0.3, -0.25) is 14.7 Å². The van der Waals surface area contributed by atoms with Crippen molar-refractivity contribution in [3.05, 3.63) is 88.5 Å². The minimum atomic E-state index is -0.406. The van der Waals surface area contributed by atoms with E-state index >= 15 is 0 Å². The van der Waals surface area contributed by atoms with E-state index in [1.165, 1.54) is 23.9 Å². The molecule has 0 saturated carbocycles. The molecule has 0 spiro atoms. The summed E-state index contributed by atoms with van der Waals surface area (Å²) in [5, 5.41) is 20.4. The van der Waals surface area contributed by atoms with Crippen LogP contribution in [-0.2, 0) is 5.75 Å². The Kier molecular flexibility index (Phi) is 6.37. The number of methoxy groups -OCH3 is 2. The van der Waals surface area contributed by atoms with Gasteiger partial charge in [0.05, 0.1) is 24.8 Å². The molecule has 1 heterocycles. The number of rotatable bonds is 8. The van der Waals surface area contributed by atoms with E-state index in [1.54, 1.807) is 26.4 Å². The lowest BCUT2D eigenvalue weighted by Crippen LogP contribution is -2.01. The number of ether oxygens (including phenoxy) is 2. The molecule has 0 saturated heterocycles. The molecule has 1 aromatic heterocycles. The molecule has 0 aliphatic rings. The topological polar surface area (TPSA) is 92.3 Å². The van der Waals surface area contributed by atoms with Crippen LogP contribution < -0.4 is 9.47 Å². The normalized spacial score (nSPS) is 10.7. The molecule has 0 N–H and O–H groups in total. The molecular formula is C23H20N4O4S. The maximum atomic E-state index is 10.9. The predicted octanol–water partition coefficient (Wildman–Crippen LogP) is 5.15. The first kappa shape index (κ1) is 21.4. The molecule has 4 rings (SSSR count). The second-order valence-electron chi connectivity index (χ2n) is 6.76. The number of non-ortho nitro benzene ring substituents is 1. The third-order valence-corrected chi connectivity index (χ3v) is 5.81. The van der Waals surface area contributed by atoms with Crippen LogP contribution in [0, 0.1) is 10.1 Å². The number of aromatic nitrogens is 3. The van der Waals surface area contributed by atoms with Crippen LogP contribution in [0.1, 0.15) is 5.56 Å². The van der Waals surface area contributed by atoms with Crippen molar-refractivity contribution in [1.82, 2.24) is 14.8 Å². The van der Waals surface area contributed by atoms with Crippen molar-refractivity contribution in [3.63, 3.8) is 0 Å². The zero-order valence-corrected chi connectivity index (χ0v) is 18.3. The first-order valence-electron chi connectivity index (χ1n) is 9.70. The number of nitrogens with zero attached hydrogens (tertiary/aromatic N) is 4. The minimum absolute atomic E-state index is 0.0682. The fourth-order valence-electron chi connectivity index (χ4n) is 3.20. The highest BCUT2D eigenvalue weighted by atomic mass is 32.2. The van der Waals surface area contributed by atoms with Crippen LogP contribution >= 0.6 is 11.8 Å². The van der Waals surface area contributed by atoms with Gasteiger partial charge in [0.1, 0.15) is 0 Å². The van der Waals surface area contributed by atoms with Crippen LogP contribution in [0.25, 0.3) is 17.1 Å².